The molecule has 3 nitrogen and oxygen atoms in total. The molecule has 0 radical (unpaired) electrons. The SMILES string of the molecule is Clc1nc(-c2ccc(Br)c3cccnc23)nc2c1CSC2. The second-order valence-electron chi connectivity index (χ2n) is 4.75. The van der Waals surface area contributed by atoms with Crippen molar-refractivity contribution in [2.45, 2.75) is 11.5 Å². The van der Waals surface area contributed by atoms with Gasteiger partial charge in [0.15, 0.2) is 5.82 Å². The number of nitrogens with zero attached hydrogens (tertiary/aromatic N) is 3. The van der Waals surface area contributed by atoms with Crippen molar-refractivity contribution >= 4 is 50.2 Å². The van der Waals surface area contributed by atoms with E-state index in [0.29, 0.717) is 11.0 Å². The molecule has 0 unspecified atom stereocenters. The van der Waals surface area contributed by atoms with Crippen LogP contribution in [-0.2, 0) is 11.5 Å². The molecular weight excluding hydrogens is 370 g/mol. The van der Waals surface area contributed by atoms with Crippen LogP contribution in [0.5, 0.6) is 0 Å². The number of hydrogen-bond acceptors (Lipinski definition) is 4. The molecule has 0 amide bonds. The van der Waals surface area contributed by atoms with Gasteiger partial charge < -0.3 is 0 Å². The van der Waals surface area contributed by atoms with Gasteiger partial charge in [-0.05, 0) is 18.2 Å². The Kier molecular flexibility index (Phi) is 3.36. The highest BCUT2D eigenvalue weighted by Crippen LogP contribution is 2.36. The van der Waals surface area contributed by atoms with Crippen molar-refractivity contribution in [2.75, 3.05) is 0 Å². The molecule has 0 bridgehead atoms. The van der Waals surface area contributed by atoms with E-state index in [4.69, 9.17) is 16.6 Å². The molecule has 0 saturated heterocycles. The average Bonchev–Trinajstić information content (AvgIpc) is 2.97. The minimum absolute atomic E-state index is 0.562. The summed E-state index contributed by atoms with van der Waals surface area (Å²) in [6.45, 7) is 0. The Balaban J connectivity index is 1.99. The molecule has 0 fully saturated rings. The molecule has 6 heteroatoms. The Morgan fingerprint density at radius 3 is 2.95 bits per heavy atom. The summed E-state index contributed by atoms with van der Waals surface area (Å²) in [7, 11) is 0. The van der Waals surface area contributed by atoms with E-state index in [9.17, 15) is 0 Å². The monoisotopic (exact) mass is 377 g/mol. The summed E-state index contributed by atoms with van der Waals surface area (Å²) in [5.41, 5.74) is 3.91. The average molecular weight is 379 g/mol. The maximum absolute atomic E-state index is 6.31. The van der Waals surface area contributed by atoms with Gasteiger partial charge in [0, 0.05) is 38.7 Å². The van der Waals surface area contributed by atoms with E-state index < -0.39 is 0 Å². The Morgan fingerprint density at radius 2 is 2.05 bits per heavy atom. The number of halogens is 2. The fraction of sp³-hybridized carbons (Fsp3) is 0.133. The molecule has 104 valence electrons. The molecule has 0 N–H and O–H groups in total. The van der Waals surface area contributed by atoms with Gasteiger partial charge in [-0.1, -0.05) is 33.6 Å². The van der Waals surface area contributed by atoms with Gasteiger partial charge in [-0.3, -0.25) is 4.98 Å². The van der Waals surface area contributed by atoms with Crippen LogP contribution >= 0.6 is 39.3 Å². The predicted octanol–water partition coefficient (Wildman–Crippen LogP) is 4.85. The predicted molar refractivity (Wildman–Crippen MR) is 90.5 cm³/mol. The molecular formula is C15H9BrClN3S. The van der Waals surface area contributed by atoms with Crippen molar-refractivity contribution in [3.05, 3.63) is 51.3 Å². The molecule has 3 heterocycles. The van der Waals surface area contributed by atoms with Gasteiger partial charge in [-0.2, -0.15) is 11.8 Å². The van der Waals surface area contributed by atoms with E-state index in [1.165, 1.54) is 0 Å². The highest BCUT2D eigenvalue weighted by atomic mass is 79.9. The Morgan fingerprint density at radius 1 is 1.14 bits per heavy atom. The standard InChI is InChI=1S/C15H9BrClN3S/c16-11-4-3-9(13-8(11)2-1-5-18-13)15-19-12-7-21-6-10(12)14(17)20-15/h1-5H,6-7H2. The number of hydrogen-bond donors (Lipinski definition) is 0. The summed E-state index contributed by atoms with van der Waals surface area (Å²) in [5.74, 6) is 2.44. The molecule has 3 aromatic rings. The topological polar surface area (TPSA) is 38.7 Å². The van der Waals surface area contributed by atoms with Gasteiger partial charge in [0.2, 0.25) is 0 Å². The molecule has 1 aliphatic heterocycles. The summed E-state index contributed by atoms with van der Waals surface area (Å²) in [4.78, 5) is 13.7. The summed E-state index contributed by atoms with van der Waals surface area (Å²) in [5, 5.41) is 1.61. The zero-order chi connectivity index (χ0) is 14.4. The van der Waals surface area contributed by atoms with Crippen molar-refractivity contribution in [3.8, 4) is 11.4 Å². The molecule has 21 heavy (non-hydrogen) atoms. The first-order chi connectivity index (χ1) is 10.2. The third-order valence-corrected chi connectivity index (χ3v) is 5.46. The van der Waals surface area contributed by atoms with Crippen LogP contribution in [0.3, 0.4) is 0 Å². The Labute approximate surface area is 139 Å². The summed E-state index contributed by atoms with van der Waals surface area (Å²) in [6, 6.07) is 7.93. The maximum Gasteiger partial charge on any atom is 0.163 e. The van der Waals surface area contributed by atoms with Gasteiger partial charge in [-0.15, -0.1) is 0 Å². The van der Waals surface area contributed by atoms with Gasteiger partial charge in [0.1, 0.15) is 5.15 Å². The third kappa shape index (κ3) is 2.24. The molecule has 0 saturated carbocycles. The van der Waals surface area contributed by atoms with Crippen molar-refractivity contribution < 1.29 is 0 Å². The molecule has 0 atom stereocenters. The van der Waals surface area contributed by atoms with Gasteiger partial charge in [-0.25, -0.2) is 9.97 Å². The zero-order valence-corrected chi connectivity index (χ0v) is 14.0. The summed E-state index contributed by atoms with van der Waals surface area (Å²) >= 11 is 11.7. The molecule has 2 aromatic heterocycles. The first kappa shape index (κ1) is 13.5. The Hall–Kier alpha value is -1.17. The van der Waals surface area contributed by atoms with Gasteiger partial charge >= 0.3 is 0 Å². The lowest BCUT2D eigenvalue weighted by atomic mass is 10.1. The number of aromatic nitrogens is 3. The van der Waals surface area contributed by atoms with Crippen LogP contribution in [0, 0.1) is 0 Å². The van der Waals surface area contributed by atoms with E-state index in [1.54, 1.807) is 6.20 Å². The first-order valence-corrected chi connectivity index (χ1v) is 8.73. The zero-order valence-electron chi connectivity index (χ0n) is 10.8. The van der Waals surface area contributed by atoms with E-state index in [0.717, 1.165) is 43.7 Å². The van der Waals surface area contributed by atoms with E-state index in [2.05, 4.69) is 25.9 Å². The van der Waals surface area contributed by atoms with Crippen molar-refractivity contribution in [1.29, 1.82) is 0 Å². The summed E-state index contributed by atoms with van der Waals surface area (Å²) < 4.78 is 1.01. The summed E-state index contributed by atoms with van der Waals surface area (Å²) in [6.07, 6.45) is 1.78. The van der Waals surface area contributed by atoms with E-state index >= 15 is 0 Å². The van der Waals surface area contributed by atoms with E-state index in [-0.39, 0.29) is 0 Å². The fourth-order valence-electron chi connectivity index (χ4n) is 2.45. The van der Waals surface area contributed by atoms with Crippen LogP contribution in [0.4, 0.5) is 0 Å². The molecule has 0 spiro atoms. The molecule has 4 rings (SSSR count). The minimum atomic E-state index is 0.562. The lowest BCUT2D eigenvalue weighted by molar-refractivity contribution is 1.07. The van der Waals surface area contributed by atoms with Crippen LogP contribution in [0.15, 0.2) is 34.9 Å². The first-order valence-electron chi connectivity index (χ1n) is 6.40. The lowest BCUT2D eigenvalue weighted by Crippen LogP contribution is -1.98. The second kappa shape index (κ2) is 5.23. The van der Waals surface area contributed by atoms with Gasteiger partial charge in [0.05, 0.1) is 11.2 Å². The largest absolute Gasteiger partial charge is 0.255 e. The number of rotatable bonds is 1. The number of thioether (sulfide) groups is 1. The van der Waals surface area contributed by atoms with Crippen LogP contribution < -0.4 is 0 Å². The number of fused-ring (bicyclic) bond motifs is 2. The minimum Gasteiger partial charge on any atom is -0.255 e. The molecule has 0 aliphatic carbocycles. The maximum atomic E-state index is 6.31. The second-order valence-corrected chi connectivity index (χ2v) is 6.95. The quantitative estimate of drug-likeness (QED) is 0.567. The number of pyridine rings is 1. The molecule has 1 aliphatic rings. The van der Waals surface area contributed by atoms with E-state index in [1.807, 2.05) is 36.0 Å². The van der Waals surface area contributed by atoms with Crippen LogP contribution in [0.25, 0.3) is 22.3 Å². The highest BCUT2D eigenvalue weighted by molar-refractivity contribution is 9.10. The fourth-order valence-corrected chi connectivity index (χ4v) is 4.28. The highest BCUT2D eigenvalue weighted by Gasteiger charge is 2.20. The Bertz CT molecular complexity index is 869. The molecule has 1 aromatic carbocycles. The van der Waals surface area contributed by atoms with Crippen molar-refractivity contribution in [2.24, 2.45) is 0 Å². The van der Waals surface area contributed by atoms with Gasteiger partial charge in [0.25, 0.3) is 0 Å². The van der Waals surface area contributed by atoms with Crippen LogP contribution in [0.1, 0.15) is 11.3 Å². The third-order valence-electron chi connectivity index (χ3n) is 3.48. The van der Waals surface area contributed by atoms with Crippen molar-refractivity contribution in [1.82, 2.24) is 15.0 Å². The number of benzene rings is 1. The van der Waals surface area contributed by atoms with Crippen LogP contribution in [-0.4, -0.2) is 15.0 Å². The van der Waals surface area contributed by atoms with Crippen molar-refractivity contribution in [3.63, 3.8) is 0 Å². The lowest BCUT2D eigenvalue weighted by Gasteiger charge is -2.08. The normalized spacial score (nSPS) is 13.6. The van der Waals surface area contributed by atoms with Crippen LogP contribution in [0.2, 0.25) is 5.15 Å². The smallest absolute Gasteiger partial charge is 0.163 e.